The number of nitrogens with two attached hydrogens (primary N) is 1. The number of fused-ring (bicyclic) bond motifs is 1. The predicted molar refractivity (Wildman–Crippen MR) is 85.2 cm³/mol. The van der Waals surface area contributed by atoms with Gasteiger partial charge in [-0.05, 0) is 30.7 Å². The number of hydrogen-bond acceptors (Lipinski definition) is 4. The summed E-state index contributed by atoms with van der Waals surface area (Å²) in [6.45, 7) is 1.76. The number of Topliss-reactive ketones (excluding diaryl/α,β-unsaturated/α-hetero) is 1. The predicted octanol–water partition coefficient (Wildman–Crippen LogP) is 2.48. The second-order valence-electron chi connectivity index (χ2n) is 5.27. The Hall–Kier alpha value is -3.08. The van der Waals surface area contributed by atoms with Crippen LogP contribution in [0.3, 0.4) is 0 Å². The molecule has 5 heteroatoms. The van der Waals surface area contributed by atoms with E-state index in [9.17, 15) is 9.59 Å². The minimum atomic E-state index is -0.567. The van der Waals surface area contributed by atoms with Crippen LogP contribution < -0.4 is 15.2 Å². The van der Waals surface area contributed by atoms with Crippen molar-refractivity contribution in [1.82, 2.24) is 0 Å². The third kappa shape index (κ3) is 3.23. The molecule has 0 aromatic heterocycles. The molecule has 2 aromatic carbocycles. The number of aryl methyl sites for hydroxylation is 1. The molecule has 2 N–H and O–H groups in total. The van der Waals surface area contributed by atoms with E-state index in [0.717, 1.165) is 11.1 Å². The molecule has 3 rings (SSSR count). The molecular weight excluding hydrogens is 294 g/mol. The lowest BCUT2D eigenvalue weighted by Gasteiger charge is -2.04. The first-order valence-electron chi connectivity index (χ1n) is 7.09. The van der Waals surface area contributed by atoms with Crippen LogP contribution in [0.25, 0.3) is 6.08 Å². The molecule has 0 radical (unpaired) electrons. The standard InChI is InChI=1S/C18H15NO4/c1-11-3-2-4-12(7-11)8-16-18(21)14-6-5-13(9-15(14)23-16)22-10-17(19)20/h2-9H,10H2,1H3,(H2,19,20). The summed E-state index contributed by atoms with van der Waals surface area (Å²) in [4.78, 5) is 23.1. The van der Waals surface area contributed by atoms with Crippen molar-refractivity contribution in [3.05, 3.63) is 64.9 Å². The first-order valence-corrected chi connectivity index (χ1v) is 7.09. The zero-order valence-corrected chi connectivity index (χ0v) is 12.5. The van der Waals surface area contributed by atoms with Crippen LogP contribution in [-0.2, 0) is 4.79 Å². The van der Waals surface area contributed by atoms with Crippen LogP contribution in [-0.4, -0.2) is 18.3 Å². The average Bonchev–Trinajstić information content (AvgIpc) is 2.81. The van der Waals surface area contributed by atoms with Crippen molar-refractivity contribution in [2.24, 2.45) is 5.73 Å². The summed E-state index contributed by atoms with van der Waals surface area (Å²) in [5, 5.41) is 0. The maximum atomic E-state index is 12.4. The number of hydrogen-bond donors (Lipinski definition) is 1. The fraction of sp³-hybridized carbons (Fsp3) is 0.111. The second-order valence-corrected chi connectivity index (χ2v) is 5.27. The summed E-state index contributed by atoms with van der Waals surface area (Å²) in [6.07, 6.45) is 1.71. The van der Waals surface area contributed by atoms with E-state index in [4.69, 9.17) is 15.2 Å². The molecule has 0 spiro atoms. The molecule has 2 aromatic rings. The third-order valence-corrected chi connectivity index (χ3v) is 3.36. The van der Waals surface area contributed by atoms with Crippen LogP contribution >= 0.6 is 0 Å². The molecular formula is C18H15NO4. The Morgan fingerprint density at radius 2 is 2.09 bits per heavy atom. The number of ketones is 1. The lowest BCUT2D eigenvalue weighted by Crippen LogP contribution is -2.19. The van der Waals surface area contributed by atoms with Crippen LogP contribution in [0.5, 0.6) is 11.5 Å². The Morgan fingerprint density at radius 1 is 1.26 bits per heavy atom. The van der Waals surface area contributed by atoms with E-state index < -0.39 is 5.91 Å². The largest absolute Gasteiger partial charge is 0.484 e. The lowest BCUT2D eigenvalue weighted by molar-refractivity contribution is -0.119. The highest BCUT2D eigenvalue weighted by Crippen LogP contribution is 2.34. The average molecular weight is 309 g/mol. The molecule has 1 heterocycles. The van der Waals surface area contributed by atoms with Crippen LogP contribution in [0.4, 0.5) is 0 Å². The first kappa shape index (κ1) is 14.8. The molecule has 0 fully saturated rings. The summed E-state index contributed by atoms with van der Waals surface area (Å²) >= 11 is 0. The monoisotopic (exact) mass is 309 g/mol. The molecule has 0 atom stereocenters. The van der Waals surface area contributed by atoms with Crippen molar-refractivity contribution in [3.8, 4) is 11.5 Å². The van der Waals surface area contributed by atoms with Crippen molar-refractivity contribution in [1.29, 1.82) is 0 Å². The molecule has 1 aliphatic heterocycles. The van der Waals surface area contributed by atoms with E-state index in [1.165, 1.54) is 0 Å². The number of allylic oxidation sites excluding steroid dienone is 1. The summed E-state index contributed by atoms with van der Waals surface area (Å²) in [5.41, 5.74) is 7.50. The van der Waals surface area contributed by atoms with E-state index in [0.29, 0.717) is 17.1 Å². The Kier molecular flexibility index (Phi) is 3.85. The van der Waals surface area contributed by atoms with Gasteiger partial charge in [-0.3, -0.25) is 9.59 Å². The van der Waals surface area contributed by atoms with Crippen LogP contribution in [0, 0.1) is 6.92 Å². The Balaban J connectivity index is 1.85. The van der Waals surface area contributed by atoms with Gasteiger partial charge >= 0.3 is 0 Å². The maximum Gasteiger partial charge on any atom is 0.255 e. The second kappa shape index (κ2) is 5.96. The van der Waals surface area contributed by atoms with Gasteiger partial charge in [0.25, 0.3) is 5.91 Å². The van der Waals surface area contributed by atoms with Gasteiger partial charge in [0.2, 0.25) is 5.78 Å². The van der Waals surface area contributed by atoms with E-state index >= 15 is 0 Å². The minimum Gasteiger partial charge on any atom is -0.484 e. The molecule has 0 saturated carbocycles. The van der Waals surface area contributed by atoms with E-state index in [-0.39, 0.29) is 18.1 Å². The van der Waals surface area contributed by atoms with Crippen molar-refractivity contribution >= 4 is 17.8 Å². The topological polar surface area (TPSA) is 78.6 Å². The molecule has 1 amide bonds. The van der Waals surface area contributed by atoms with Gasteiger partial charge in [-0.15, -0.1) is 0 Å². The highest BCUT2D eigenvalue weighted by molar-refractivity contribution is 6.14. The molecule has 0 saturated heterocycles. The van der Waals surface area contributed by atoms with Gasteiger partial charge in [0, 0.05) is 6.07 Å². The number of carbonyl (C=O) groups excluding carboxylic acids is 2. The molecule has 5 nitrogen and oxygen atoms in total. The third-order valence-electron chi connectivity index (χ3n) is 3.36. The molecule has 0 aliphatic carbocycles. The van der Waals surface area contributed by atoms with E-state index in [1.54, 1.807) is 24.3 Å². The van der Waals surface area contributed by atoms with Crippen LogP contribution in [0.15, 0.2) is 48.2 Å². The Labute approximate surface area is 133 Å². The number of primary amides is 1. The Morgan fingerprint density at radius 3 is 2.83 bits per heavy atom. The van der Waals surface area contributed by atoms with Gasteiger partial charge in [-0.2, -0.15) is 0 Å². The van der Waals surface area contributed by atoms with Crippen LogP contribution in [0.1, 0.15) is 21.5 Å². The summed E-state index contributed by atoms with van der Waals surface area (Å²) in [5.74, 6) is 0.353. The molecule has 0 bridgehead atoms. The SMILES string of the molecule is Cc1cccc(C=C2Oc3cc(OCC(N)=O)ccc3C2=O)c1. The zero-order chi connectivity index (χ0) is 16.4. The number of amides is 1. The van der Waals surface area contributed by atoms with Crippen molar-refractivity contribution in [3.63, 3.8) is 0 Å². The minimum absolute atomic E-state index is 0.178. The maximum absolute atomic E-state index is 12.4. The molecule has 23 heavy (non-hydrogen) atoms. The molecule has 1 aliphatic rings. The fourth-order valence-electron chi connectivity index (χ4n) is 2.32. The fourth-order valence-corrected chi connectivity index (χ4v) is 2.32. The molecule has 116 valence electrons. The van der Waals surface area contributed by atoms with Crippen molar-refractivity contribution < 1.29 is 19.1 Å². The van der Waals surface area contributed by atoms with Gasteiger partial charge in [-0.1, -0.05) is 29.8 Å². The number of ether oxygens (including phenoxy) is 2. The van der Waals surface area contributed by atoms with Crippen LogP contribution in [0.2, 0.25) is 0 Å². The highest BCUT2D eigenvalue weighted by Gasteiger charge is 2.27. The number of rotatable bonds is 4. The smallest absolute Gasteiger partial charge is 0.255 e. The van der Waals surface area contributed by atoms with Gasteiger partial charge in [0.05, 0.1) is 5.56 Å². The first-order chi connectivity index (χ1) is 11.0. The van der Waals surface area contributed by atoms with Gasteiger partial charge in [0.15, 0.2) is 12.4 Å². The Bertz CT molecular complexity index is 824. The summed E-state index contributed by atoms with van der Waals surface area (Å²) < 4.78 is 10.8. The van der Waals surface area contributed by atoms with Crippen molar-refractivity contribution in [2.75, 3.05) is 6.61 Å². The van der Waals surface area contributed by atoms with Gasteiger partial charge < -0.3 is 15.2 Å². The number of benzene rings is 2. The lowest BCUT2D eigenvalue weighted by atomic mass is 10.1. The van der Waals surface area contributed by atoms with Crippen molar-refractivity contribution in [2.45, 2.75) is 6.92 Å². The quantitative estimate of drug-likeness (QED) is 0.880. The number of carbonyl (C=O) groups is 2. The van der Waals surface area contributed by atoms with E-state index in [2.05, 4.69) is 0 Å². The highest BCUT2D eigenvalue weighted by atomic mass is 16.5. The van der Waals surface area contributed by atoms with E-state index in [1.807, 2.05) is 31.2 Å². The normalized spacial score (nSPS) is 14.5. The summed E-state index contributed by atoms with van der Waals surface area (Å²) in [7, 11) is 0. The zero-order valence-electron chi connectivity index (χ0n) is 12.5. The van der Waals surface area contributed by atoms with Gasteiger partial charge in [0.1, 0.15) is 11.5 Å². The van der Waals surface area contributed by atoms with Gasteiger partial charge in [-0.25, -0.2) is 0 Å². The molecule has 0 unspecified atom stereocenters. The summed E-state index contributed by atoms with van der Waals surface area (Å²) in [6, 6.07) is 12.6.